The Morgan fingerprint density at radius 3 is 2.03 bits per heavy atom. The van der Waals surface area contributed by atoms with E-state index in [2.05, 4.69) is 10.6 Å². The highest BCUT2D eigenvalue weighted by molar-refractivity contribution is 6.00. The molecule has 6 rings (SSSR count). The van der Waals surface area contributed by atoms with Gasteiger partial charge >= 0.3 is 0 Å². The second kappa shape index (κ2) is 8.43. The summed E-state index contributed by atoms with van der Waals surface area (Å²) in [6, 6.07) is 16.5. The van der Waals surface area contributed by atoms with Gasteiger partial charge in [0.05, 0.1) is 0 Å². The summed E-state index contributed by atoms with van der Waals surface area (Å²) in [7, 11) is 0. The molecule has 0 aliphatic carbocycles. The number of rotatable bonds is 6. The first-order valence-corrected chi connectivity index (χ1v) is 10.7. The van der Waals surface area contributed by atoms with Crippen molar-refractivity contribution >= 4 is 17.7 Å². The fourth-order valence-corrected chi connectivity index (χ4v) is 3.79. The number of nitrogens with one attached hydrogen (secondary N) is 2. The summed E-state index contributed by atoms with van der Waals surface area (Å²) >= 11 is 0. The van der Waals surface area contributed by atoms with Crippen molar-refractivity contribution in [3.05, 3.63) is 71.4 Å². The maximum Gasteiger partial charge on any atom is 0.267 e. The highest BCUT2D eigenvalue weighted by Crippen LogP contribution is 2.36. The van der Waals surface area contributed by atoms with Crippen LogP contribution in [0.4, 0.5) is 5.69 Å². The molecular formula is C25H20N2O7. The second-order valence-corrected chi connectivity index (χ2v) is 7.73. The van der Waals surface area contributed by atoms with E-state index in [1.54, 1.807) is 18.2 Å². The first-order chi connectivity index (χ1) is 16.7. The monoisotopic (exact) mass is 460 g/mol. The summed E-state index contributed by atoms with van der Waals surface area (Å²) in [5.41, 5.74) is 2.71. The summed E-state index contributed by atoms with van der Waals surface area (Å²) in [6.07, 6.45) is 1.75. The normalized spacial score (nSPS) is 14.8. The number of benzene rings is 3. The first-order valence-electron chi connectivity index (χ1n) is 10.7. The molecule has 172 valence electrons. The minimum atomic E-state index is -0.284. The van der Waals surface area contributed by atoms with Crippen LogP contribution in [-0.2, 0) is 11.3 Å². The van der Waals surface area contributed by atoms with Crippen LogP contribution in [0.25, 0.3) is 6.08 Å². The van der Waals surface area contributed by atoms with Crippen molar-refractivity contribution in [1.29, 1.82) is 0 Å². The predicted molar refractivity (Wildman–Crippen MR) is 121 cm³/mol. The van der Waals surface area contributed by atoms with Gasteiger partial charge in [-0.1, -0.05) is 12.1 Å². The molecule has 3 heterocycles. The SMILES string of the molecule is O=C(NCc1ccc2c(c1)OCO2)C(=Cc1ccc2c(c1)OCO2)Nc1ccc2c(c1)OCO2. The molecule has 0 saturated heterocycles. The number of ether oxygens (including phenoxy) is 6. The topological polar surface area (TPSA) is 96.5 Å². The molecule has 0 bridgehead atoms. The second-order valence-electron chi connectivity index (χ2n) is 7.73. The Balaban J connectivity index is 1.25. The van der Waals surface area contributed by atoms with Gasteiger partial charge in [0.1, 0.15) is 5.70 Å². The van der Waals surface area contributed by atoms with Gasteiger partial charge in [-0.25, -0.2) is 0 Å². The van der Waals surface area contributed by atoms with Gasteiger partial charge in [-0.15, -0.1) is 0 Å². The van der Waals surface area contributed by atoms with Crippen molar-refractivity contribution in [1.82, 2.24) is 5.32 Å². The molecule has 1 amide bonds. The Kier molecular flexibility index (Phi) is 4.99. The van der Waals surface area contributed by atoms with Crippen LogP contribution in [-0.4, -0.2) is 26.3 Å². The minimum absolute atomic E-state index is 0.175. The zero-order valence-electron chi connectivity index (χ0n) is 18.0. The lowest BCUT2D eigenvalue weighted by Crippen LogP contribution is -2.27. The Hall–Kier alpha value is -4.53. The molecule has 3 aromatic rings. The van der Waals surface area contributed by atoms with E-state index >= 15 is 0 Å². The molecule has 2 N–H and O–H groups in total. The molecule has 0 spiro atoms. The first kappa shape index (κ1) is 20.1. The van der Waals surface area contributed by atoms with Gasteiger partial charge in [0.2, 0.25) is 20.4 Å². The maximum atomic E-state index is 13.2. The average Bonchev–Trinajstić information content (AvgIpc) is 3.61. The summed E-state index contributed by atoms with van der Waals surface area (Å²) < 4.78 is 32.4. The van der Waals surface area contributed by atoms with Crippen molar-refractivity contribution in [3.8, 4) is 34.5 Å². The van der Waals surface area contributed by atoms with Crippen LogP contribution in [0, 0.1) is 0 Å². The van der Waals surface area contributed by atoms with Crippen molar-refractivity contribution in [2.45, 2.75) is 6.54 Å². The molecule has 0 fully saturated rings. The van der Waals surface area contributed by atoms with Gasteiger partial charge in [-0.3, -0.25) is 4.79 Å². The Morgan fingerprint density at radius 2 is 1.29 bits per heavy atom. The third-order valence-corrected chi connectivity index (χ3v) is 5.49. The lowest BCUT2D eigenvalue weighted by atomic mass is 10.1. The van der Waals surface area contributed by atoms with E-state index in [1.807, 2.05) is 42.5 Å². The third kappa shape index (κ3) is 3.99. The highest BCUT2D eigenvalue weighted by Gasteiger charge is 2.18. The van der Waals surface area contributed by atoms with E-state index in [0.29, 0.717) is 52.4 Å². The van der Waals surface area contributed by atoms with Gasteiger partial charge in [-0.05, 0) is 53.6 Å². The predicted octanol–water partition coefficient (Wildman–Crippen LogP) is 3.64. The lowest BCUT2D eigenvalue weighted by molar-refractivity contribution is -0.117. The molecule has 0 unspecified atom stereocenters. The fourth-order valence-electron chi connectivity index (χ4n) is 3.79. The summed E-state index contributed by atoms with van der Waals surface area (Å²) in [4.78, 5) is 13.2. The minimum Gasteiger partial charge on any atom is -0.454 e. The smallest absolute Gasteiger partial charge is 0.267 e. The van der Waals surface area contributed by atoms with E-state index in [-0.39, 0.29) is 26.3 Å². The molecule has 3 aliphatic heterocycles. The van der Waals surface area contributed by atoms with Crippen molar-refractivity contribution in [2.75, 3.05) is 25.7 Å². The van der Waals surface area contributed by atoms with Crippen LogP contribution in [0.15, 0.2) is 60.3 Å². The number of amides is 1. The largest absolute Gasteiger partial charge is 0.454 e. The summed E-state index contributed by atoms with van der Waals surface area (Å²) in [5, 5.41) is 6.16. The van der Waals surface area contributed by atoms with Crippen LogP contribution in [0.5, 0.6) is 34.5 Å². The molecule has 0 saturated carbocycles. The van der Waals surface area contributed by atoms with Crippen LogP contribution in [0.1, 0.15) is 11.1 Å². The molecule has 34 heavy (non-hydrogen) atoms. The standard InChI is InChI=1S/C25H20N2O7/c28-25(26-11-16-2-5-20-23(9-16)33-13-30-20)18(7-15-1-4-19-22(8-15)32-12-29-19)27-17-3-6-21-24(10-17)34-14-31-21/h1-10,27H,11-14H2,(H,26,28). The average molecular weight is 460 g/mol. The highest BCUT2D eigenvalue weighted by atomic mass is 16.7. The van der Waals surface area contributed by atoms with Crippen LogP contribution in [0.3, 0.4) is 0 Å². The Bertz CT molecular complexity index is 1300. The van der Waals surface area contributed by atoms with Crippen LogP contribution < -0.4 is 39.1 Å². The number of anilines is 1. The molecular weight excluding hydrogens is 440 g/mol. The summed E-state index contributed by atoms with van der Waals surface area (Å²) in [5.74, 6) is 3.68. The van der Waals surface area contributed by atoms with Crippen molar-refractivity contribution in [3.63, 3.8) is 0 Å². The van der Waals surface area contributed by atoms with Crippen LogP contribution in [0.2, 0.25) is 0 Å². The number of hydrogen-bond acceptors (Lipinski definition) is 8. The van der Waals surface area contributed by atoms with E-state index in [9.17, 15) is 4.79 Å². The Labute approximate surface area is 194 Å². The van der Waals surface area contributed by atoms with Gasteiger partial charge in [0, 0.05) is 18.3 Å². The van der Waals surface area contributed by atoms with Gasteiger partial charge in [-0.2, -0.15) is 0 Å². The molecule has 0 radical (unpaired) electrons. The number of carbonyl (C=O) groups excluding carboxylic acids is 1. The quantitative estimate of drug-likeness (QED) is 0.539. The molecule has 0 aromatic heterocycles. The molecule has 3 aromatic carbocycles. The maximum absolute atomic E-state index is 13.2. The molecule has 0 atom stereocenters. The van der Waals surface area contributed by atoms with Gasteiger partial charge in [0.15, 0.2) is 34.5 Å². The number of carbonyl (C=O) groups is 1. The van der Waals surface area contributed by atoms with E-state index in [4.69, 9.17) is 28.4 Å². The molecule has 9 nitrogen and oxygen atoms in total. The van der Waals surface area contributed by atoms with Gasteiger partial charge in [0.25, 0.3) is 5.91 Å². The van der Waals surface area contributed by atoms with Gasteiger partial charge < -0.3 is 39.1 Å². The summed E-state index contributed by atoms with van der Waals surface area (Å²) in [6.45, 7) is 0.874. The lowest BCUT2D eigenvalue weighted by Gasteiger charge is -2.13. The zero-order chi connectivity index (χ0) is 22.9. The Morgan fingerprint density at radius 1 is 0.706 bits per heavy atom. The van der Waals surface area contributed by atoms with E-state index in [0.717, 1.165) is 11.1 Å². The zero-order valence-corrected chi connectivity index (χ0v) is 18.0. The molecule has 9 heteroatoms. The fraction of sp³-hybridized carbons (Fsp3) is 0.160. The van der Waals surface area contributed by atoms with Crippen molar-refractivity contribution in [2.24, 2.45) is 0 Å². The van der Waals surface area contributed by atoms with E-state index < -0.39 is 0 Å². The molecule has 3 aliphatic rings. The van der Waals surface area contributed by atoms with Crippen molar-refractivity contribution < 1.29 is 33.2 Å². The van der Waals surface area contributed by atoms with Crippen LogP contribution >= 0.6 is 0 Å². The van der Waals surface area contributed by atoms with E-state index in [1.165, 1.54) is 0 Å². The third-order valence-electron chi connectivity index (χ3n) is 5.49. The number of fused-ring (bicyclic) bond motifs is 3. The number of hydrogen-bond donors (Lipinski definition) is 2.